The highest BCUT2D eigenvalue weighted by Crippen LogP contribution is 1.99. The SMILES string of the molecule is CCCC/C=C/C=C/C1CNCCO1. The van der Waals surface area contributed by atoms with Crippen LogP contribution in [0.1, 0.15) is 26.2 Å². The van der Waals surface area contributed by atoms with Gasteiger partial charge in [-0.2, -0.15) is 0 Å². The Kier molecular flexibility index (Phi) is 6.37. The van der Waals surface area contributed by atoms with E-state index in [0.29, 0.717) is 0 Å². The number of unbranched alkanes of at least 4 members (excludes halogenated alkanes) is 2. The van der Waals surface area contributed by atoms with Crippen LogP contribution in [0.2, 0.25) is 0 Å². The minimum atomic E-state index is 0.263. The van der Waals surface area contributed by atoms with Gasteiger partial charge in [0, 0.05) is 13.1 Å². The zero-order valence-corrected chi connectivity index (χ0v) is 9.04. The summed E-state index contributed by atoms with van der Waals surface area (Å²) < 4.78 is 5.52. The number of nitrogens with one attached hydrogen (secondary N) is 1. The van der Waals surface area contributed by atoms with E-state index in [2.05, 4.69) is 36.5 Å². The summed E-state index contributed by atoms with van der Waals surface area (Å²) in [6.45, 7) is 4.97. The molecule has 1 atom stereocenters. The number of hydrogen-bond acceptors (Lipinski definition) is 2. The zero-order chi connectivity index (χ0) is 10.1. The van der Waals surface area contributed by atoms with E-state index in [1.54, 1.807) is 0 Å². The topological polar surface area (TPSA) is 21.3 Å². The number of allylic oxidation sites excluding steroid dienone is 3. The number of ether oxygens (including phenoxy) is 1. The van der Waals surface area contributed by atoms with E-state index >= 15 is 0 Å². The maximum atomic E-state index is 5.52. The first-order chi connectivity index (χ1) is 6.93. The van der Waals surface area contributed by atoms with Gasteiger partial charge < -0.3 is 10.1 Å². The third-order valence-electron chi connectivity index (χ3n) is 2.25. The first kappa shape index (κ1) is 11.5. The molecule has 1 saturated heterocycles. The van der Waals surface area contributed by atoms with Crippen molar-refractivity contribution in [2.24, 2.45) is 0 Å². The molecule has 1 unspecified atom stereocenters. The Hall–Kier alpha value is -0.600. The van der Waals surface area contributed by atoms with E-state index in [4.69, 9.17) is 4.74 Å². The molecule has 14 heavy (non-hydrogen) atoms. The maximum absolute atomic E-state index is 5.52. The Bertz CT molecular complexity index is 181. The van der Waals surface area contributed by atoms with E-state index in [0.717, 1.165) is 19.7 Å². The van der Waals surface area contributed by atoms with Crippen molar-refractivity contribution < 1.29 is 4.74 Å². The highest BCUT2D eigenvalue weighted by atomic mass is 16.5. The monoisotopic (exact) mass is 195 g/mol. The molecule has 2 nitrogen and oxygen atoms in total. The maximum Gasteiger partial charge on any atom is 0.0883 e. The van der Waals surface area contributed by atoms with Crippen LogP contribution >= 0.6 is 0 Å². The average Bonchev–Trinajstić information content (AvgIpc) is 2.25. The number of morpholine rings is 1. The Morgan fingerprint density at radius 1 is 1.43 bits per heavy atom. The second-order valence-electron chi connectivity index (χ2n) is 3.57. The molecule has 1 fully saturated rings. The number of hydrogen-bond donors (Lipinski definition) is 1. The molecular weight excluding hydrogens is 174 g/mol. The van der Waals surface area contributed by atoms with Gasteiger partial charge in [-0.25, -0.2) is 0 Å². The second-order valence-corrected chi connectivity index (χ2v) is 3.57. The van der Waals surface area contributed by atoms with Crippen LogP contribution in [-0.4, -0.2) is 25.8 Å². The lowest BCUT2D eigenvalue weighted by molar-refractivity contribution is 0.0592. The third kappa shape index (κ3) is 5.20. The molecule has 1 aliphatic rings. The van der Waals surface area contributed by atoms with Crippen LogP contribution < -0.4 is 5.32 Å². The van der Waals surface area contributed by atoms with Gasteiger partial charge in [0.25, 0.3) is 0 Å². The highest BCUT2D eigenvalue weighted by Gasteiger charge is 2.07. The quantitative estimate of drug-likeness (QED) is 0.537. The van der Waals surface area contributed by atoms with Gasteiger partial charge in [0.15, 0.2) is 0 Å². The van der Waals surface area contributed by atoms with Crippen molar-refractivity contribution in [3.63, 3.8) is 0 Å². The molecular formula is C12H21NO. The Labute approximate surface area is 87.0 Å². The van der Waals surface area contributed by atoms with Gasteiger partial charge >= 0.3 is 0 Å². The summed E-state index contributed by atoms with van der Waals surface area (Å²) in [6.07, 6.45) is 12.5. The molecule has 80 valence electrons. The summed E-state index contributed by atoms with van der Waals surface area (Å²) in [5.74, 6) is 0. The van der Waals surface area contributed by atoms with Gasteiger partial charge in [0.2, 0.25) is 0 Å². The van der Waals surface area contributed by atoms with Gasteiger partial charge in [-0.15, -0.1) is 0 Å². The third-order valence-corrected chi connectivity index (χ3v) is 2.25. The first-order valence-corrected chi connectivity index (χ1v) is 5.59. The largest absolute Gasteiger partial charge is 0.371 e. The van der Waals surface area contributed by atoms with E-state index in [9.17, 15) is 0 Å². The molecule has 0 saturated carbocycles. The van der Waals surface area contributed by atoms with Gasteiger partial charge in [0.1, 0.15) is 0 Å². The van der Waals surface area contributed by atoms with Crippen molar-refractivity contribution in [3.05, 3.63) is 24.3 Å². The molecule has 1 heterocycles. The molecule has 1 aliphatic heterocycles. The normalized spacial score (nSPS) is 23.6. The van der Waals surface area contributed by atoms with Gasteiger partial charge in [0.05, 0.1) is 12.7 Å². The van der Waals surface area contributed by atoms with Crippen molar-refractivity contribution in [2.45, 2.75) is 32.3 Å². The summed E-state index contributed by atoms with van der Waals surface area (Å²) in [5, 5.41) is 3.30. The molecule has 0 aliphatic carbocycles. The Morgan fingerprint density at radius 2 is 2.36 bits per heavy atom. The predicted octanol–water partition coefficient (Wildman–Crippen LogP) is 2.28. The number of rotatable bonds is 5. The van der Waals surface area contributed by atoms with Crippen LogP contribution in [0.5, 0.6) is 0 Å². The van der Waals surface area contributed by atoms with E-state index in [1.807, 2.05) is 0 Å². The smallest absolute Gasteiger partial charge is 0.0883 e. The predicted molar refractivity (Wildman–Crippen MR) is 60.4 cm³/mol. The molecule has 1 rings (SSSR count). The van der Waals surface area contributed by atoms with Crippen molar-refractivity contribution in [1.82, 2.24) is 5.32 Å². The summed E-state index contributed by atoms with van der Waals surface area (Å²) in [7, 11) is 0. The van der Waals surface area contributed by atoms with Gasteiger partial charge in [-0.3, -0.25) is 0 Å². The highest BCUT2D eigenvalue weighted by molar-refractivity contribution is 5.05. The van der Waals surface area contributed by atoms with Crippen LogP contribution in [0.4, 0.5) is 0 Å². The molecule has 0 radical (unpaired) electrons. The second kappa shape index (κ2) is 7.77. The summed E-state index contributed by atoms with van der Waals surface area (Å²) in [5.41, 5.74) is 0. The van der Waals surface area contributed by atoms with Crippen LogP contribution in [0.15, 0.2) is 24.3 Å². The molecule has 0 amide bonds. The minimum Gasteiger partial charge on any atom is -0.371 e. The van der Waals surface area contributed by atoms with Gasteiger partial charge in [-0.05, 0) is 6.42 Å². The lowest BCUT2D eigenvalue weighted by Crippen LogP contribution is -2.37. The van der Waals surface area contributed by atoms with E-state index < -0.39 is 0 Å². The fourth-order valence-corrected chi connectivity index (χ4v) is 1.39. The average molecular weight is 195 g/mol. The van der Waals surface area contributed by atoms with Crippen molar-refractivity contribution in [3.8, 4) is 0 Å². The fraction of sp³-hybridized carbons (Fsp3) is 0.667. The zero-order valence-electron chi connectivity index (χ0n) is 9.04. The van der Waals surface area contributed by atoms with Crippen molar-refractivity contribution in [1.29, 1.82) is 0 Å². The van der Waals surface area contributed by atoms with Crippen molar-refractivity contribution in [2.75, 3.05) is 19.7 Å². The first-order valence-electron chi connectivity index (χ1n) is 5.59. The molecule has 0 aromatic rings. The van der Waals surface area contributed by atoms with Crippen LogP contribution in [0.25, 0.3) is 0 Å². The van der Waals surface area contributed by atoms with Gasteiger partial charge in [-0.1, -0.05) is 44.1 Å². The molecule has 1 N–H and O–H groups in total. The summed E-state index contributed by atoms with van der Waals surface area (Å²) in [4.78, 5) is 0. The lowest BCUT2D eigenvalue weighted by Gasteiger charge is -2.20. The van der Waals surface area contributed by atoms with E-state index in [-0.39, 0.29) is 6.10 Å². The molecule has 0 bridgehead atoms. The lowest BCUT2D eigenvalue weighted by atomic mass is 10.2. The van der Waals surface area contributed by atoms with E-state index in [1.165, 1.54) is 19.3 Å². The van der Waals surface area contributed by atoms with Crippen molar-refractivity contribution >= 4 is 0 Å². The Morgan fingerprint density at radius 3 is 3.07 bits per heavy atom. The van der Waals surface area contributed by atoms with Crippen LogP contribution in [-0.2, 0) is 4.74 Å². The summed E-state index contributed by atoms with van der Waals surface area (Å²) >= 11 is 0. The molecule has 0 aromatic carbocycles. The van der Waals surface area contributed by atoms with Crippen LogP contribution in [0.3, 0.4) is 0 Å². The standard InChI is InChI=1S/C12H21NO/c1-2-3-4-5-6-7-8-12-11-13-9-10-14-12/h5-8,12-13H,2-4,9-11H2,1H3/b6-5+,8-7+. The minimum absolute atomic E-state index is 0.263. The summed E-state index contributed by atoms with van der Waals surface area (Å²) in [6, 6.07) is 0. The molecule has 0 spiro atoms. The molecule has 2 heteroatoms. The molecule has 0 aromatic heterocycles. The fourth-order valence-electron chi connectivity index (χ4n) is 1.39. The van der Waals surface area contributed by atoms with Crippen LogP contribution in [0, 0.1) is 0 Å². The Balaban J connectivity index is 2.09.